The average molecular weight is 254 g/mol. The Morgan fingerprint density at radius 3 is 2.67 bits per heavy atom. The van der Waals surface area contributed by atoms with Gasteiger partial charge in [-0.25, -0.2) is 0 Å². The molecule has 2 aliphatic rings. The van der Waals surface area contributed by atoms with Gasteiger partial charge in [-0.3, -0.25) is 0 Å². The number of rotatable bonds is 6. The summed E-state index contributed by atoms with van der Waals surface area (Å²) in [5.74, 6) is 0.779. The standard InChI is InChI=1S/C15H30N2O/c1-13(2)11-17(15-5-3-4-6-15)9-7-14-12-18-10-8-16-14/h13-16H,3-12H2,1-2H3. The number of hydrogen-bond acceptors (Lipinski definition) is 3. The van der Waals surface area contributed by atoms with Gasteiger partial charge in [0.2, 0.25) is 0 Å². The molecule has 1 saturated carbocycles. The first-order valence-corrected chi connectivity index (χ1v) is 7.81. The zero-order chi connectivity index (χ0) is 12.8. The van der Waals surface area contributed by atoms with Gasteiger partial charge in [-0.1, -0.05) is 26.7 Å². The summed E-state index contributed by atoms with van der Waals surface area (Å²) in [5.41, 5.74) is 0. The Labute approximate surface area is 112 Å². The van der Waals surface area contributed by atoms with Crippen LogP contribution in [0.15, 0.2) is 0 Å². The van der Waals surface area contributed by atoms with E-state index in [4.69, 9.17) is 4.74 Å². The van der Waals surface area contributed by atoms with Crippen LogP contribution in [0, 0.1) is 5.92 Å². The van der Waals surface area contributed by atoms with Gasteiger partial charge < -0.3 is 15.0 Å². The summed E-state index contributed by atoms with van der Waals surface area (Å²) in [6.45, 7) is 9.99. The Morgan fingerprint density at radius 1 is 1.28 bits per heavy atom. The Kier molecular flexibility index (Phi) is 5.93. The second-order valence-corrected chi connectivity index (χ2v) is 6.34. The second-order valence-electron chi connectivity index (χ2n) is 6.34. The second kappa shape index (κ2) is 7.46. The third-order valence-electron chi connectivity index (χ3n) is 4.20. The third-order valence-corrected chi connectivity index (χ3v) is 4.20. The van der Waals surface area contributed by atoms with Gasteiger partial charge >= 0.3 is 0 Å². The lowest BCUT2D eigenvalue weighted by Crippen LogP contribution is -2.45. The molecular weight excluding hydrogens is 224 g/mol. The van der Waals surface area contributed by atoms with Crippen molar-refractivity contribution in [2.75, 3.05) is 32.8 Å². The molecule has 2 rings (SSSR count). The molecule has 3 nitrogen and oxygen atoms in total. The van der Waals surface area contributed by atoms with Gasteiger partial charge in [0.05, 0.1) is 13.2 Å². The first kappa shape index (κ1) is 14.3. The predicted molar refractivity (Wildman–Crippen MR) is 75.9 cm³/mol. The summed E-state index contributed by atoms with van der Waals surface area (Å²) in [7, 11) is 0. The van der Waals surface area contributed by atoms with E-state index in [2.05, 4.69) is 24.1 Å². The van der Waals surface area contributed by atoms with Crippen LogP contribution in [-0.4, -0.2) is 49.8 Å². The maximum atomic E-state index is 5.54. The minimum atomic E-state index is 0.579. The molecule has 0 aromatic carbocycles. The molecule has 0 spiro atoms. The summed E-state index contributed by atoms with van der Waals surface area (Å²) >= 11 is 0. The van der Waals surface area contributed by atoms with E-state index in [-0.39, 0.29) is 0 Å². The van der Waals surface area contributed by atoms with Gasteiger partial charge in [0.1, 0.15) is 0 Å². The highest BCUT2D eigenvalue weighted by atomic mass is 16.5. The highest BCUT2D eigenvalue weighted by Crippen LogP contribution is 2.24. The van der Waals surface area contributed by atoms with Gasteiger partial charge in [0.25, 0.3) is 0 Å². The van der Waals surface area contributed by atoms with Crippen molar-refractivity contribution < 1.29 is 4.74 Å². The number of hydrogen-bond donors (Lipinski definition) is 1. The van der Waals surface area contributed by atoms with Crippen LogP contribution in [0.3, 0.4) is 0 Å². The molecule has 0 bridgehead atoms. The molecule has 1 heterocycles. The van der Waals surface area contributed by atoms with Crippen molar-refractivity contribution in [3.8, 4) is 0 Å². The Balaban J connectivity index is 1.76. The molecule has 1 unspecified atom stereocenters. The summed E-state index contributed by atoms with van der Waals surface area (Å²) in [5, 5.41) is 3.57. The predicted octanol–water partition coefficient (Wildman–Crippen LogP) is 2.27. The van der Waals surface area contributed by atoms with E-state index in [1.54, 1.807) is 0 Å². The van der Waals surface area contributed by atoms with Crippen LogP contribution in [0.25, 0.3) is 0 Å². The minimum Gasteiger partial charge on any atom is -0.379 e. The molecule has 1 saturated heterocycles. The lowest BCUT2D eigenvalue weighted by Gasteiger charge is -2.33. The van der Waals surface area contributed by atoms with Crippen molar-refractivity contribution in [1.82, 2.24) is 10.2 Å². The van der Waals surface area contributed by atoms with Gasteiger partial charge in [-0.2, -0.15) is 0 Å². The monoisotopic (exact) mass is 254 g/mol. The minimum absolute atomic E-state index is 0.579. The SMILES string of the molecule is CC(C)CN(CCC1COCCN1)C1CCCC1. The average Bonchev–Trinajstić information content (AvgIpc) is 2.89. The summed E-state index contributed by atoms with van der Waals surface area (Å²) in [4.78, 5) is 2.74. The molecule has 0 aromatic rings. The van der Waals surface area contributed by atoms with Crippen molar-refractivity contribution in [3.63, 3.8) is 0 Å². The van der Waals surface area contributed by atoms with E-state index in [1.807, 2.05) is 0 Å². The number of nitrogens with zero attached hydrogens (tertiary/aromatic N) is 1. The Morgan fingerprint density at radius 2 is 2.06 bits per heavy atom. The zero-order valence-electron chi connectivity index (χ0n) is 12.2. The van der Waals surface area contributed by atoms with Gasteiger partial charge in [0.15, 0.2) is 0 Å². The zero-order valence-corrected chi connectivity index (χ0v) is 12.2. The van der Waals surface area contributed by atoms with Crippen LogP contribution in [-0.2, 0) is 4.74 Å². The van der Waals surface area contributed by atoms with Crippen LogP contribution in [0.4, 0.5) is 0 Å². The van der Waals surface area contributed by atoms with Gasteiger partial charge in [-0.15, -0.1) is 0 Å². The van der Waals surface area contributed by atoms with Crippen molar-refractivity contribution in [3.05, 3.63) is 0 Å². The number of ether oxygens (including phenoxy) is 1. The number of nitrogens with one attached hydrogen (secondary N) is 1. The lowest BCUT2D eigenvalue weighted by atomic mass is 10.1. The molecule has 1 atom stereocenters. The molecule has 0 amide bonds. The molecule has 0 aromatic heterocycles. The van der Waals surface area contributed by atoms with Gasteiger partial charge in [0, 0.05) is 31.7 Å². The number of morpholine rings is 1. The van der Waals surface area contributed by atoms with E-state index >= 15 is 0 Å². The fourth-order valence-corrected chi connectivity index (χ4v) is 3.29. The van der Waals surface area contributed by atoms with E-state index in [9.17, 15) is 0 Å². The molecule has 2 fully saturated rings. The highest BCUT2D eigenvalue weighted by molar-refractivity contribution is 4.80. The quantitative estimate of drug-likeness (QED) is 0.787. The summed E-state index contributed by atoms with van der Waals surface area (Å²) < 4.78 is 5.54. The first-order valence-electron chi connectivity index (χ1n) is 7.81. The fourth-order valence-electron chi connectivity index (χ4n) is 3.29. The fraction of sp³-hybridized carbons (Fsp3) is 1.00. The van der Waals surface area contributed by atoms with Crippen LogP contribution < -0.4 is 5.32 Å². The normalized spacial score (nSPS) is 26.3. The van der Waals surface area contributed by atoms with E-state index in [1.165, 1.54) is 45.2 Å². The molecule has 1 N–H and O–H groups in total. The largest absolute Gasteiger partial charge is 0.379 e. The molecule has 1 aliphatic carbocycles. The van der Waals surface area contributed by atoms with Crippen LogP contribution in [0.2, 0.25) is 0 Å². The molecule has 3 heteroatoms. The lowest BCUT2D eigenvalue weighted by molar-refractivity contribution is 0.0661. The molecule has 18 heavy (non-hydrogen) atoms. The maximum Gasteiger partial charge on any atom is 0.0620 e. The van der Waals surface area contributed by atoms with Crippen LogP contribution in [0.1, 0.15) is 46.0 Å². The van der Waals surface area contributed by atoms with E-state index < -0.39 is 0 Å². The summed E-state index contributed by atoms with van der Waals surface area (Å²) in [6.07, 6.45) is 6.94. The van der Waals surface area contributed by atoms with Crippen molar-refractivity contribution in [2.24, 2.45) is 5.92 Å². The van der Waals surface area contributed by atoms with Crippen LogP contribution in [0.5, 0.6) is 0 Å². The van der Waals surface area contributed by atoms with E-state index in [0.29, 0.717) is 6.04 Å². The molecule has 0 radical (unpaired) electrons. The topological polar surface area (TPSA) is 24.5 Å². The van der Waals surface area contributed by atoms with Crippen LogP contribution >= 0.6 is 0 Å². The van der Waals surface area contributed by atoms with Gasteiger partial charge in [-0.05, 0) is 25.2 Å². The first-order chi connectivity index (χ1) is 8.75. The maximum absolute atomic E-state index is 5.54. The van der Waals surface area contributed by atoms with Crippen molar-refractivity contribution in [1.29, 1.82) is 0 Å². The Bertz CT molecular complexity index is 221. The Hall–Kier alpha value is -0.120. The van der Waals surface area contributed by atoms with Crippen molar-refractivity contribution >= 4 is 0 Å². The molecule has 1 aliphatic heterocycles. The molecular formula is C15H30N2O. The van der Waals surface area contributed by atoms with Crippen molar-refractivity contribution in [2.45, 2.75) is 58.0 Å². The third kappa shape index (κ3) is 4.52. The molecule has 106 valence electrons. The highest BCUT2D eigenvalue weighted by Gasteiger charge is 2.24. The van der Waals surface area contributed by atoms with E-state index in [0.717, 1.165) is 31.7 Å². The summed E-state index contributed by atoms with van der Waals surface area (Å²) in [6, 6.07) is 1.44. The smallest absolute Gasteiger partial charge is 0.0620 e.